The molecule has 1 aliphatic heterocycles. The number of benzene rings is 2. The molecule has 0 aromatic heterocycles. The second-order valence-electron chi connectivity index (χ2n) is 5.81. The van der Waals surface area contributed by atoms with Gasteiger partial charge < -0.3 is 14.8 Å². The summed E-state index contributed by atoms with van der Waals surface area (Å²) in [6.07, 6.45) is -0.138. The number of nitrogens with one attached hydrogen (secondary N) is 2. The average molecular weight is 357 g/mol. The van der Waals surface area contributed by atoms with Crippen LogP contribution < -0.4 is 20.1 Å². The average Bonchev–Trinajstić information content (AvgIpc) is 2.66. The van der Waals surface area contributed by atoms with E-state index in [0.717, 1.165) is 5.56 Å². The molecule has 1 fully saturated rings. The summed E-state index contributed by atoms with van der Waals surface area (Å²) in [6, 6.07) is 12.4. The van der Waals surface area contributed by atoms with E-state index in [2.05, 4.69) is 10.6 Å². The van der Waals surface area contributed by atoms with Crippen LogP contribution in [0.3, 0.4) is 0 Å². The first kappa shape index (κ1) is 17.7. The van der Waals surface area contributed by atoms with Gasteiger partial charge in [0.1, 0.15) is 12.8 Å². The molecule has 0 radical (unpaired) electrons. The summed E-state index contributed by atoms with van der Waals surface area (Å²) in [6.45, 7) is 0.675. The van der Waals surface area contributed by atoms with Crippen molar-refractivity contribution < 1.29 is 19.2 Å². The number of ether oxygens (including phenoxy) is 2. The summed E-state index contributed by atoms with van der Waals surface area (Å²) in [7, 11) is 1.42. The monoisotopic (exact) mass is 357 g/mol. The molecule has 2 aromatic rings. The Labute approximate surface area is 150 Å². The normalized spacial score (nSPS) is 16.7. The molecular formula is C18H19N3O5. The number of hydrogen-bond acceptors (Lipinski definition) is 6. The highest BCUT2D eigenvalue weighted by molar-refractivity contribution is 5.77. The number of methoxy groups -OCH3 is 1. The van der Waals surface area contributed by atoms with E-state index in [4.69, 9.17) is 9.47 Å². The van der Waals surface area contributed by atoms with Gasteiger partial charge in [-0.1, -0.05) is 30.3 Å². The number of nitrogens with zero attached hydrogens (tertiary/aromatic N) is 1. The Kier molecular flexibility index (Phi) is 5.33. The third-order valence-electron chi connectivity index (χ3n) is 4.04. The number of carbonyl (C=O) groups is 1. The number of nitro groups is 1. The smallest absolute Gasteiger partial charge is 0.315 e. The molecule has 0 spiro atoms. The van der Waals surface area contributed by atoms with Gasteiger partial charge in [0, 0.05) is 19.0 Å². The van der Waals surface area contributed by atoms with Crippen LogP contribution in [0.1, 0.15) is 23.7 Å². The van der Waals surface area contributed by atoms with Gasteiger partial charge in [-0.15, -0.1) is 0 Å². The largest absolute Gasteiger partial charge is 0.493 e. The molecule has 1 atom stereocenters. The fourth-order valence-electron chi connectivity index (χ4n) is 2.75. The molecule has 1 saturated heterocycles. The molecular weight excluding hydrogens is 338 g/mol. The molecule has 8 heteroatoms. The van der Waals surface area contributed by atoms with Crippen molar-refractivity contribution in [1.29, 1.82) is 0 Å². The Morgan fingerprint density at radius 1 is 1.27 bits per heavy atom. The standard InChI is InChI=1S/C18H19N3O5/c1-25-15-10-13(18-19-8-7-16(22)20-18)9-14(21(23)24)17(15)26-11-12-5-3-2-4-6-12/h2-6,9-10,18-19H,7-8,11H2,1H3,(H,20,22)/t18-/m1/s1. The van der Waals surface area contributed by atoms with Gasteiger partial charge in [-0.3, -0.25) is 20.2 Å². The van der Waals surface area contributed by atoms with E-state index in [-0.39, 0.29) is 29.7 Å². The Bertz CT molecular complexity index is 810. The van der Waals surface area contributed by atoms with E-state index in [0.29, 0.717) is 18.5 Å². The molecule has 0 aliphatic carbocycles. The van der Waals surface area contributed by atoms with Gasteiger partial charge in [0.25, 0.3) is 0 Å². The SMILES string of the molecule is COc1cc([C@@H]2NCCC(=O)N2)cc([N+](=O)[O-])c1OCc1ccccc1. The fraction of sp³-hybridized carbons (Fsp3) is 0.278. The van der Waals surface area contributed by atoms with Crippen LogP contribution in [0.15, 0.2) is 42.5 Å². The maximum Gasteiger partial charge on any atom is 0.315 e. The van der Waals surface area contributed by atoms with Crippen molar-refractivity contribution in [3.63, 3.8) is 0 Å². The van der Waals surface area contributed by atoms with E-state index in [1.54, 1.807) is 6.07 Å². The lowest BCUT2D eigenvalue weighted by Crippen LogP contribution is -2.44. The molecule has 1 aliphatic rings. The molecule has 2 N–H and O–H groups in total. The summed E-state index contributed by atoms with van der Waals surface area (Å²) in [4.78, 5) is 22.7. The lowest BCUT2D eigenvalue weighted by molar-refractivity contribution is -0.386. The van der Waals surface area contributed by atoms with Crippen molar-refractivity contribution in [2.24, 2.45) is 0 Å². The summed E-state index contributed by atoms with van der Waals surface area (Å²) in [5.41, 5.74) is 1.21. The van der Waals surface area contributed by atoms with Crippen molar-refractivity contribution in [2.45, 2.75) is 19.2 Å². The maximum atomic E-state index is 11.6. The topological polar surface area (TPSA) is 103 Å². The summed E-state index contributed by atoms with van der Waals surface area (Å²) in [5.74, 6) is 0.193. The highest BCUT2D eigenvalue weighted by atomic mass is 16.6. The Balaban J connectivity index is 1.92. The van der Waals surface area contributed by atoms with Crippen LogP contribution >= 0.6 is 0 Å². The van der Waals surface area contributed by atoms with Crippen LogP contribution in [-0.2, 0) is 11.4 Å². The zero-order chi connectivity index (χ0) is 18.5. The molecule has 1 heterocycles. The molecule has 1 amide bonds. The van der Waals surface area contributed by atoms with Crippen molar-refractivity contribution in [2.75, 3.05) is 13.7 Å². The predicted molar refractivity (Wildman–Crippen MR) is 93.9 cm³/mol. The highest BCUT2D eigenvalue weighted by Gasteiger charge is 2.27. The molecule has 2 aromatic carbocycles. The molecule has 8 nitrogen and oxygen atoms in total. The van der Waals surface area contributed by atoms with E-state index in [9.17, 15) is 14.9 Å². The third kappa shape index (κ3) is 3.92. The van der Waals surface area contributed by atoms with Gasteiger partial charge in [0.15, 0.2) is 5.75 Å². The van der Waals surface area contributed by atoms with E-state index in [1.807, 2.05) is 30.3 Å². The van der Waals surface area contributed by atoms with E-state index in [1.165, 1.54) is 13.2 Å². The van der Waals surface area contributed by atoms with Crippen molar-refractivity contribution in [3.05, 3.63) is 63.7 Å². The first-order chi connectivity index (χ1) is 12.6. The van der Waals surface area contributed by atoms with Crippen molar-refractivity contribution >= 4 is 11.6 Å². The summed E-state index contributed by atoms with van der Waals surface area (Å²) < 4.78 is 11.0. The maximum absolute atomic E-state index is 11.6. The molecule has 0 saturated carbocycles. The molecule has 3 rings (SSSR count). The van der Waals surface area contributed by atoms with Crippen LogP contribution in [0.4, 0.5) is 5.69 Å². The zero-order valence-electron chi connectivity index (χ0n) is 14.2. The lowest BCUT2D eigenvalue weighted by atomic mass is 10.1. The highest BCUT2D eigenvalue weighted by Crippen LogP contribution is 2.40. The van der Waals surface area contributed by atoms with Gasteiger partial charge in [-0.05, 0) is 17.2 Å². The molecule has 136 valence electrons. The Morgan fingerprint density at radius 2 is 2.04 bits per heavy atom. The first-order valence-corrected chi connectivity index (χ1v) is 8.14. The quantitative estimate of drug-likeness (QED) is 0.607. The second-order valence-corrected chi connectivity index (χ2v) is 5.81. The van der Waals surface area contributed by atoms with Gasteiger partial charge in [0.2, 0.25) is 11.7 Å². The van der Waals surface area contributed by atoms with Gasteiger partial charge in [0.05, 0.1) is 12.0 Å². The predicted octanol–water partition coefficient (Wildman–Crippen LogP) is 2.29. The minimum Gasteiger partial charge on any atom is -0.493 e. The number of carbonyl (C=O) groups excluding carboxylic acids is 1. The fourth-order valence-corrected chi connectivity index (χ4v) is 2.75. The Morgan fingerprint density at radius 3 is 2.69 bits per heavy atom. The summed E-state index contributed by atoms with van der Waals surface area (Å²) >= 11 is 0. The van der Waals surface area contributed by atoms with Gasteiger partial charge >= 0.3 is 5.69 Å². The van der Waals surface area contributed by atoms with Crippen LogP contribution in [0.5, 0.6) is 11.5 Å². The number of nitro benzene ring substituents is 1. The van der Waals surface area contributed by atoms with Crippen LogP contribution in [0.25, 0.3) is 0 Å². The lowest BCUT2D eigenvalue weighted by Gasteiger charge is -2.25. The van der Waals surface area contributed by atoms with Crippen molar-refractivity contribution in [3.8, 4) is 11.5 Å². The van der Waals surface area contributed by atoms with Crippen LogP contribution in [-0.4, -0.2) is 24.5 Å². The van der Waals surface area contributed by atoms with E-state index >= 15 is 0 Å². The van der Waals surface area contributed by atoms with Crippen LogP contribution in [0, 0.1) is 10.1 Å². The zero-order valence-corrected chi connectivity index (χ0v) is 14.2. The minimum absolute atomic E-state index is 0.0623. The number of rotatable bonds is 6. The first-order valence-electron chi connectivity index (χ1n) is 8.14. The van der Waals surface area contributed by atoms with E-state index < -0.39 is 11.1 Å². The van der Waals surface area contributed by atoms with Crippen molar-refractivity contribution in [1.82, 2.24) is 10.6 Å². The van der Waals surface area contributed by atoms with Gasteiger partial charge in [-0.25, -0.2) is 0 Å². The molecule has 0 unspecified atom stereocenters. The molecule has 26 heavy (non-hydrogen) atoms. The minimum atomic E-state index is -0.517. The summed E-state index contributed by atoms with van der Waals surface area (Å²) in [5, 5.41) is 17.4. The number of amides is 1. The van der Waals surface area contributed by atoms with Gasteiger partial charge in [-0.2, -0.15) is 0 Å². The number of hydrogen-bond donors (Lipinski definition) is 2. The third-order valence-corrected chi connectivity index (χ3v) is 4.04. The second kappa shape index (κ2) is 7.83. The molecule has 0 bridgehead atoms. The van der Waals surface area contributed by atoms with Crippen LogP contribution in [0.2, 0.25) is 0 Å². The Hall–Kier alpha value is -3.13.